The zero-order chi connectivity index (χ0) is 14.8. The molecule has 1 aliphatic heterocycles. The summed E-state index contributed by atoms with van der Waals surface area (Å²) < 4.78 is 10.4. The van der Waals surface area contributed by atoms with Crippen molar-refractivity contribution in [1.29, 1.82) is 0 Å². The number of aliphatic carboxylic acids is 1. The van der Waals surface area contributed by atoms with E-state index in [0.717, 1.165) is 25.9 Å². The number of carbonyl (C=O) groups excluding carboxylic acids is 1. The van der Waals surface area contributed by atoms with Gasteiger partial charge in [0.15, 0.2) is 0 Å². The highest BCUT2D eigenvalue weighted by Gasteiger charge is 2.21. The topological polar surface area (TPSA) is 84.9 Å². The van der Waals surface area contributed by atoms with Crippen LogP contribution in [0.5, 0.6) is 0 Å². The summed E-state index contributed by atoms with van der Waals surface area (Å²) in [6.45, 7) is 1.26. The molecule has 0 aliphatic carbocycles. The van der Waals surface area contributed by atoms with Gasteiger partial charge in [-0.3, -0.25) is 4.79 Å². The number of amides is 1. The van der Waals surface area contributed by atoms with Crippen molar-refractivity contribution >= 4 is 11.9 Å². The van der Waals surface area contributed by atoms with Crippen LogP contribution in [0.2, 0.25) is 0 Å². The first-order valence-corrected chi connectivity index (χ1v) is 7.26. The van der Waals surface area contributed by atoms with E-state index in [1.54, 1.807) is 7.11 Å². The number of carbonyl (C=O) groups is 2. The molecule has 1 aliphatic rings. The second-order valence-corrected chi connectivity index (χ2v) is 5.12. The maximum atomic E-state index is 11.8. The maximum Gasteiger partial charge on any atom is 0.326 e. The lowest BCUT2D eigenvalue weighted by molar-refractivity contribution is -0.142. The van der Waals surface area contributed by atoms with Crippen molar-refractivity contribution in [2.75, 3.05) is 20.3 Å². The molecular formula is C14H25NO5. The zero-order valence-corrected chi connectivity index (χ0v) is 12.1. The molecule has 0 radical (unpaired) electrons. The van der Waals surface area contributed by atoms with E-state index in [0.29, 0.717) is 32.3 Å². The Morgan fingerprint density at radius 1 is 1.45 bits per heavy atom. The van der Waals surface area contributed by atoms with Gasteiger partial charge in [0, 0.05) is 26.7 Å². The Morgan fingerprint density at radius 3 is 2.85 bits per heavy atom. The van der Waals surface area contributed by atoms with Crippen LogP contribution in [0.1, 0.15) is 44.9 Å². The summed E-state index contributed by atoms with van der Waals surface area (Å²) in [7, 11) is 1.57. The number of hydrogen-bond donors (Lipinski definition) is 2. The number of nitrogens with one attached hydrogen (secondary N) is 1. The smallest absolute Gasteiger partial charge is 0.326 e. The predicted octanol–water partition coefficient (Wildman–Crippen LogP) is 1.33. The van der Waals surface area contributed by atoms with E-state index >= 15 is 0 Å². The quantitative estimate of drug-likeness (QED) is 0.625. The molecular weight excluding hydrogens is 262 g/mol. The molecule has 6 nitrogen and oxygen atoms in total. The molecule has 1 heterocycles. The number of carboxylic acids is 1. The van der Waals surface area contributed by atoms with E-state index in [-0.39, 0.29) is 12.0 Å². The first kappa shape index (κ1) is 16.9. The fourth-order valence-electron chi connectivity index (χ4n) is 2.28. The molecule has 1 rings (SSSR count). The Labute approximate surface area is 119 Å². The van der Waals surface area contributed by atoms with Crippen LogP contribution in [0.3, 0.4) is 0 Å². The highest BCUT2D eigenvalue weighted by Crippen LogP contribution is 2.16. The monoisotopic (exact) mass is 287 g/mol. The molecule has 2 atom stereocenters. The van der Waals surface area contributed by atoms with Gasteiger partial charge in [0.25, 0.3) is 0 Å². The van der Waals surface area contributed by atoms with Gasteiger partial charge in [0.1, 0.15) is 6.04 Å². The maximum absolute atomic E-state index is 11.8. The van der Waals surface area contributed by atoms with Crippen molar-refractivity contribution in [3.05, 3.63) is 0 Å². The van der Waals surface area contributed by atoms with Crippen molar-refractivity contribution in [1.82, 2.24) is 5.32 Å². The lowest BCUT2D eigenvalue weighted by Crippen LogP contribution is -2.41. The lowest BCUT2D eigenvalue weighted by atomic mass is 10.0. The predicted molar refractivity (Wildman–Crippen MR) is 73.5 cm³/mol. The van der Waals surface area contributed by atoms with E-state index in [1.165, 1.54) is 0 Å². The highest BCUT2D eigenvalue weighted by molar-refractivity contribution is 5.83. The summed E-state index contributed by atoms with van der Waals surface area (Å²) in [5.74, 6) is -1.22. The van der Waals surface area contributed by atoms with Gasteiger partial charge < -0.3 is 19.9 Å². The SMILES string of the molecule is COCCCC(NC(=O)CCC1CCCCO1)C(=O)O. The summed E-state index contributed by atoms with van der Waals surface area (Å²) >= 11 is 0. The van der Waals surface area contributed by atoms with Crippen LogP contribution in [0.25, 0.3) is 0 Å². The first-order valence-electron chi connectivity index (χ1n) is 7.26. The molecule has 0 aromatic carbocycles. The summed E-state index contributed by atoms with van der Waals surface area (Å²) in [5.41, 5.74) is 0. The van der Waals surface area contributed by atoms with Crippen LogP contribution >= 0.6 is 0 Å². The first-order chi connectivity index (χ1) is 9.63. The third-order valence-corrected chi connectivity index (χ3v) is 3.44. The Hall–Kier alpha value is -1.14. The highest BCUT2D eigenvalue weighted by atomic mass is 16.5. The second kappa shape index (κ2) is 9.72. The van der Waals surface area contributed by atoms with Gasteiger partial charge in [-0.15, -0.1) is 0 Å². The molecule has 0 saturated carbocycles. The molecule has 0 bridgehead atoms. The summed E-state index contributed by atoms with van der Waals surface area (Å²) in [5, 5.41) is 11.6. The second-order valence-electron chi connectivity index (χ2n) is 5.12. The molecule has 6 heteroatoms. The van der Waals surface area contributed by atoms with E-state index in [4.69, 9.17) is 14.6 Å². The Bertz CT molecular complexity index is 302. The number of ether oxygens (including phenoxy) is 2. The number of rotatable bonds is 9. The van der Waals surface area contributed by atoms with Crippen LogP contribution in [0.4, 0.5) is 0 Å². The fourth-order valence-corrected chi connectivity index (χ4v) is 2.28. The van der Waals surface area contributed by atoms with Gasteiger partial charge in [-0.25, -0.2) is 4.79 Å². The molecule has 1 saturated heterocycles. The Balaban J connectivity index is 2.24. The average molecular weight is 287 g/mol. The minimum atomic E-state index is -0.997. The van der Waals surface area contributed by atoms with Crippen molar-refractivity contribution in [3.8, 4) is 0 Å². The van der Waals surface area contributed by atoms with Crippen molar-refractivity contribution in [2.24, 2.45) is 0 Å². The van der Waals surface area contributed by atoms with Crippen LogP contribution in [-0.4, -0.2) is 49.5 Å². The zero-order valence-electron chi connectivity index (χ0n) is 12.1. The third-order valence-electron chi connectivity index (χ3n) is 3.44. The summed E-state index contributed by atoms with van der Waals surface area (Å²) in [6, 6.07) is -0.829. The molecule has 2 unspecified atom stereocenters. The van der Waals surface area contributed by atoms with Crippen LogP contribution in [0.15, 0.2) is 0 Å². The molecule has 0 aromatic rings. The van der Waals surface area contributed by atoms with Crippen molar-refractivity contribution in [3.63, 3.8) is 0 Å². The van der Waals surface area contributed by atoms with Gasteiger partial charge in [-0.1, -0.05) is 0 Å². The fraction of sp³-hybridized carbons (Fsp3) is 0.857. The van der Waals surface area contributed by atoms with Gasteiger partial charge >= 0.3 is 5.97 Å². The summed E-state index contributed by atoms with van der Waals surface area (Å²) in [4.78, 5) is 22.8. The standard InChI is InChI=1S/C14H25NO5/c1-19-9-4-6-12(14(17)18)15-13(16)8-7-11-5-2-3-10-20-11/h11-12H,2-10H2,1H3,(H,15,16)(H,17,18). The minimum absolute atomic E-state index is 0.145. The van der Waals surface area contributed by atoms with Gasteiger partial charge in [0.05, 0.1) is 6.10 Å². The van der Waals surface area contributed by atoms with E-state index < -0.39 is 12.0 Å². The average Bonchev–Trinajstić information content (AvgIpc) is 2.45. The van der Waals surface area contributed by atoms with Gasteiger partial charge in [-0.2, -0.15) is 0 Å². The van der Waals surface area contributed by atoms with Crippen molar-refractivity contribution in [2.45, 2.75) is 57.1 Å². The van der Waals surface area contributed by atoms with Crippen LogP contribution in [-0.2, 0) is 19.1 Å². The van der Waals surface area contributed by atoms with Gasteiger partial charge in [-0.05, 0) is 38.5 Å². The molecule has 2 N–H and O–H groups in total. The largest absolute Gasteiger partial charge is 0.480 e. The van der Waals surface area contributed by atoms with E-state index in [1.807, 2.05) is 0 Å². The molecule has 1 fully saturated rings. The molecule has 0 spiro atoms. The Kier molecular flexibility index (Phi) is 8.22. The van der Waals surface area contributed by atoms with Gasteiger partial charge in [0.2, 0.25) is 5.91 Å². The van der Waals surface area contributed by atoms with E-state index in [9.17, 15) is 9.59 Å². The van der Waals surface area contributed by atoms with Crippen molar-refractivity contribution < 1.29 is 24.2 Å². The Morgan fingerprint density at radius 2 is 2.25 bits per heavy atom. The molecule has 20 heavy (non-hydrogen) atoms. The number of hydrogen-bond acceptors (Lipinski definition) is 4. The van der Waals surface area contributed by atoms with Crippen LogP contribution in [0, 0.1) is 0 Å². The van der Waals surface area contributed by atoms with Crippen LogP contribution < -0.4 is 5.32 Å². The van der Waals surface area contributed by atoms with E-state index in [2.05, 4.69) is 5.32 Å². The molecule has 1 amide bonds. The molecule has 0 aromatic heterocycles. The lowest BCUT2D eigenvalue weighted by Gasteiger charge is -2.22. The minimum Gasteiger partial charge on any atom is -0.480 e. The normalized spacial score (nSPS) is 20.4. The molecule has 116 valence electrons. The number of carboxylic acid groups (broad SMARTS) is 1. The third kappa shape index (κ3) is 6.86. The summed E-state index contributed by atoms with van der Waals surface area (Å²) in [6.07, 6.45) is 5.34. The number of methoxy groups -OCH3 is 1.